The minimum atomic E-state index is -0.233. The van der Waals surface area contributed by atoms with Crippen LogP contribution >= 0.6 is 11.6 Å². The zero-order chi connectivity index (χ0) is 47.7. The minimum absolute atomic E-state index is 0.0102. The monoisotopic (exact) mass is 917 g/mol. The molecule has 0 amide bonds. The highest BCUT2D eigenvalue weighted by atomic mass is 35.5. The smallest absolute Gasteiger partial charge is 0.0982 e. The molecule has 0 bridgehead atoms. The third kappa shape index (κ3) is 9.29. The number of nitrogens with zero attached hydrogens (tertiary/aromatic N) is 3. The van der Waals surface area contributed by atoms with Gasteiger partial charge in [-0.2, -0.15) is 0 Å². The van der Waals surface area contributed by atoms with E-state index in [2.05, 4.69) is 269 Å². The Morgan fingerprint density at radius 1 is 0.333 bits per heavy atom. The minimum Gasteiger partial charge on any atom is -0.471 e. The van der Waals surface area contributed by atoms with Crippen molar-refractivity contribution in [1.29, 1.82) is 0 Å². The number of anilines is 9. The molecular weight excluding hydrogens is 862 g/mol. The van der Waals surface area contributed by atoms with Gasteiger partial charge in [-0.05, 0) is 130 Å². The van der Waals surface area contributed by atoms with Crippen molar-refractivity contribution in [3.8, 4) is 22.3 Å². The summed E-state index contributed by atoms with van der Waals surface area (Å²) in [6.45, 7) is 13.6. The third-order valence-corrected chi connectivity index (χ3v) is 13.3. The van der Waals surface area contributed by atoms with E-state index in [1.807, 2.05) is 6.07 Å². The first-order valence-corrected chi connectivity index (χ1v) is 24.0. The Kier molecular flexibility index (Phi) is 12.2. The molecule has 0 saturated carbocycles. The van der Waals surface area contributed by atoms with Crippen LogP contribution in [-0.2, 0) is 10.8 Å². The second kappa shape index (κ2) is 18.7. The van der Waals surface area contributed by atoms with Crippen molar-refractivity contribution in [2.24, 2.45) is 0 Å². The molecule has 5 heteroatoms. The van der Waals surface area contributed by atoms with Crippen molar-refractivity contribution in [3.05, 3.63) is 247 Å². The van der Waals surface area contributed by atoms with E-state index in [4.69, 9.17) is 16.0 Å². The first-order chi connectivity index (χ1) is 33.4. The highest BCUT2D eigenvalue weighted by Gasteiger charge is 2.28. The van der Waals surface area contributed by atoms with E-state index >= 15 is 0 Å². The zero-order valence-electron chi connectivity index (χ0n) is 40.1. The lowest BCUT2D eigenvalue weighted by Gasteiger charge is -2.34. The Morgan fingerprint density at radius 3 is 1.33 bits per heavy atom. The summed E-state index contributed by atoms with van der Waals surface area (Å²) in [7, 11) is 0. The molecule has 0 fully saturated rings. The maximum absolute atomic E-state index is 8.01. The summed E-state index contributed by atoms with van der Waals surface area (Å²) in [4.78, 5) is 6.99. The standard InChI is InChI=1S/C64H56ClN3O/c1-63(2,3)50-32-35-54(36-33-50)66(59-39-47(45-20-11-7-12-21-45)31-37-58(59)46-22-13-8-14-23-46)55-28-19-29-56(42-55)67(52-24-15-9-16-25-52)60-40-51(64(4,5)6)41-61(62(60)65)68(53-26-17-10-18-27-53)57-34-30-48-43-69-44-49(48)38-57/h7-44H,1-6H3. The molecule has 9 aromatic carbocycles. The van der Waals surface area contributed by atoms with Crippen LogP contribution in [0.25, 0.3) is 33.0 Å². The molecule has 10 rings (SSSR count). The summed E-state index contributed by atoms with van der Waals surface area (Å²) >= 11 is 8.01. The first kappa shape index (κ1) is 45.0. The van der Waals surface area contributed by atoms with Gasteiger partial charge in [-0.3, -0.25) is 0 Å². The predicted octanol–water partition coefficient (Wildman–Crippen LogP) is 19.4. The molecular formula is C64H56ClN3O. The molecule has 69 heavy (non-hydrogen) atoms. The Labute approximate surface area is 412 Å². The van der Waals surface area contributed by atoms with Gasteiger partial charge >= 0.3 is 0 Å². The van der Waals surface area contributed by atoms with Crippen LogP contribution in [0.4, 0.5) is 51.2 Å². The lowest BCUT2D eigenvalue weighted by molar-refractivity contribution is 0.572. The van der Waals surface area contributed by atoms with Gasteiger partial charge < -0.3 is 19.1 Å². The van der Waals surface area contributed by atoms with Crippen molar-refractivity contribution in [2.45, 2.75) is 52.4 Å². The number of halogens is 1. The SMILES string of the molecule is CC(C)(C)c1ccc(N(c2cccc(N(c3ccccc3)c3cc(C(C)(C)C)cc(N(c4ccccc4)c4ccc5cocc5c4)c3Cl)c2)c2cc(-c3ccccc3)ccc2-c2ccccc2)cc1. The summed E-state index contributed by atoms with van der Waals surface area (Å²) in [5.74, 6) is 0. The molecule has 4 nitrogen and oxygen atoms in total. The van der Waals surface area contributed by atoms with Crippen LogP contribution < -0.4 is 14.7 Å². The topological polar surface area (TPSA) is 22.9 Å². The largest absolute Gasteiger partial charge is 0.471 e. The number of benzene rings is 9. The van der Waals surface area contributed by atoms with Gasteiger partial charge in [-0.1, -0.05) is 181 Å². The van der Waals surface area contributed by atoms with E-state index in [9.17, 15) is 0 Å². The molecule has 1 aromatic heterocycles. The van der Waals surface area contributed by atoms with E-state index in [1.165, 1.54) is 5.56 Å². The van der Waals surface area contributed by atoms with Gasteiger partial charge in [0.2, 0.25) is 0 Å². The number of para-hydroxylation sites is 2. The second-order valence-electron chi connectivity index (χ2n) is 19.7. The van der Waals surface area contributed by atoms with Gasteiger partial charge in [0.15, 0.2) is 0 Å². The lowest BCUT2D eigenvalue weighted by Crippen LogP contribution is -2.19. The van der Waals surface area contributed by atoms with E-state index in [0.717, 1.165) is 89.8 Å². The van der Waals surface area contributed by atoms with E-state index < -0.39 is 0 Å². The molecule has 0 unspecified atom stereocenters. The molecule has 340 valence electrons. The molecule has 0 aliphatic heterocycles. The van der Waals surface area contributed by atoms with Crippen LogP contribution in [0.15, 0.2) is 235 Å². The number of hydrogen-bond donors (Lipinski definition) is 0. The van der Waals surface area contributed by atoms with Gasteiger partial charge in [0.25, 0.3) is 0 Å². The fourth-order valence-corrected chi connectivity index (χ4v) is 9.43. The molecule has 0 spiro atoms. The number of hydrogen-bond acceptors (Lipinski definition) is 4. The molecule has 0 saturated heterocycles. The summed E-state index contributed by atoms with van der Waals surface area (Å²) in [5, 5.41) is 2.67. The van der Waals surface area contributed by atoms with Crippen LogP contribution in [0.2, 0.25) is 5.02 Å². The molecule has 1 heterocycles. The second-order valence-corrected chi connectivity index (χ2v) is 20.1. The Hall–Kier alpha value is -7.79. The van der Waals surface area contributed by atoms with E-state index in [-0.39, 0.29) is 10.8 Å². The Morgan fingerprint density at radius 2 is 0.783 bits per heavy atom. The van der Waals surface area contributed by atoms with Crippen LogP contribution in [0, 0.1) is 0 Å². The summed E-state index contributed by atoms with van der Waals surface area (Å²) in [6, 6.07) is 78.1. The van der Waals surface area contributed by atoms with Crippen molar-refractivity contribution >= 4 is 73.6 Å². The Bertz CT molecular complexity index is 3350. The van der Waals surface area contributed by atoms with Crippen LogP contribution in [0.1, 0.15) is 52.7 Å². The summed E-state index contributed by atoms with van der Waals surface area (Å²) < 4.78 is 5.65. The van der Waals surface area contributed by atoms with Gasteiger partial charge in [0, 0.05) is 50.5 Å². The number of fused-ring (bicyclic) bond motifs is 1. The van der Waals surface area contributed by atoms with Gasteiger partial charge in [0.1, 0.15) is 0 Å². The average molecular weight is 919 g/mol. The number of furan rings is 1. The van der Waals surface area contributed by atoms with Crippen LogP contribution in [-0.4, -0.2) is 0 Å². The molecule has 0 atom stereocenters. The van der Waals surface area contributed by atoms with E-state index in [0.29, 0.717) is 5.02 Å². The average Bonchev–Trinajstić information content (AvgIpc) is 3.85. The maximum atomic E-state index is 8.01. The summed E-state index contributed by atoms with van der Waals surface area (Å²) in [5.41, 5.74) is 15.5. The van der Waals surface area contributed by atoms with Gasteiger partial charge in [0.05, 0.1) is 34.6 Å². The van der Waals surface area contributed by atoms with Gasteiger partial charge in [-0.25, -0.2) is 0 Å². The fourth-order valence-electron chi connectivity index (χ4n) is 9.15. The normalized spacial score (nSPS) is 11.7. The molecule has 0 aliphatic rings. The third-order valence-electron chi connectivity index (χ3n) is 12.9. The maximum Gasteiger partial charge on any atom is 0.0982 e. The highest BCUT2D eigenvalue weighted by Crippen LogP contribution is 2.51. The van der Waals surface area contributed by atoms with E-state index in [1.54, 1.807) is 12.5 Å². The lowest BCUT2D eigenvalue weighted by atomic mass is 9.86. The van der Waals surface area contributed by atoms with Crippen LogP contribution in [0.5, 0.6) is 0 Å². The zero-order valence-corrected chi connectivity index (χ0v) is 40.8. The van der Waals surface area contributed by atoms with Crippen LogP contribution in [0.3, 0.4) is 0 Å². The summed E-state index contributed by atoms with van der Waals surface area (Å²) in [6.07, 6.45) is 3.58. The Balaban J connectivity index is 1.21. The van der Waals surface area contributed by atoms with Gasteiger partial charge in [-0.15, -0.1) is 0 Å². The molecule has 10 aromatic rings. The first-order valence-electron chi connectivity index (χ1n) is 23.7. The molecule has 0 aliphatic carbocycles. The van der Waals surface area contributed by atoms with Crippen molar-refractivity contribution < 1.29 is 4.42 Å². The highest BCUT2D eigenvalue weighted by molar-refractivity contribution is 6.37. The number of rotatable bonds is 11. The predicted molar refractivity (Wildman–Crippen MR) is 294 cm³/mol. The molecule has 0 radical (unpaired) electrons. The van der Waals surface area contributed by atoms with Crippen molar-refractivity contribution in [3.63, 3.8) is 0 Å². The quantitative estimate of drug-likeness (QED) is 0.129. The van der Waals surface area contributed by atoms with Crippen molar-refractivity contribution in [2.75, 3.05) is 14.7 Å². The van der Waals surface area contributed by atoms with Crippen molar-refractivity contribution in [1.82, 2.24) is 0 Å². The fraction of sp³-hybridized carbons (Fsp3) is 0.125. The molecule has 0 N–H and O–H groups in total.